The largest absolute Gasteiger partial charge is 0.489 e. The monoisotopic (exact) mass is 756 g/mol. The molecule has 1 aliphatic heterocycles. The van der Waals surface area contributed by atoms with Crippen molar-refractivity contribution in [2.75, 3.05) is 0 Å². The zero-order chi connectivity index (χ0) is 38.7. The van der Waals surface area contributed by atoms with Crippen molar-refractivity contribution < 1.29 is 33.5 Å². The highest BCUT2D eigenvalue weighted by Gasteiger charge is 2.33. The SMILES string of the molecule is OC1C[C@@H](c2cc(OCc3ccccc3)c(OCc3ccccc3)c(OCc3ccccc3)c2)Oc2cc(OCc3ccccc3)cc(OCc3ccccc3)c21. The highest BCUT2D eigenvalue weighted by atomic mass is 16.5. The minimum atomic E-state index is -0.899. The van der Waals surface area contributed by atoms with Crippen molar-refractivity contribution in [3.05, 3.63) is 215 Å². The van der Waals surface area contributed by atoms with Crippen LogP contribution in [0.25, 0.3) is 0 Å². The summed E-state index contributed by atoms with van der Waals surface area (Å²) >= 11 is 0. The normalized spacial score (nSPS) is 14.5. The molecular weight excluding hydrogens is 713 g/mol. The van der Waals surface area contributed by atoms with E-state index in [4.69, 9.17) is 28.4 Å². The number of aliphatic hydroxyl groups is 1. The molecular formula is C50H44O7. The fourth-order valence-corrected chi connectivity index (χ4v) is 6.75. The quantitative estimate of drug-likeness (QED) is 0.105. The van der Waals surface area contributed by atoms with Crippen molar-refractivity contribution in [1.29, 1.82) is 0 Å². The highest BCUT2D eigenvalue weighted by Crippen LogP contribution is 2.50. The molecule has 7 heteroatoms. The molecule has 7 aromatic rings. The zero-order valence-corrected chi connectivity index (χ0v) is 31.5. The van der Waals surface area contributed by atoms with Crippen LogP contribution >= 0.6 is 0 Å². The average molecular weight is 757 g/mol. The van der Waals surface area contributed by atoms with Gasteiger partial charge < -0.3 is 33.5 Å². The zero-order valence-electron chi connectivity index (χ0n) is 31.5. The van der Waals surface area contributed by atoms with Crippen molar-refractivity contribution in [2.24, 2.45) is 0 Å². The van der Waals surface area contributed by atoms with Crippen LogP contribution in [0.15, 0.2) is 176 Å². The van der Waals surface area contributed by atoms with Gasteiger partial charge in [0, 0.05) is 24.1 Å². The van der Waals surface area contributed by atoms with Crippen LogP contribution in [0, 0.1) is 0 Å². The number of hydrogen-bond donors (Lipinski definition) is 1. The number of hydrogen-bond acceptors (Lipinski definition) is 7. The summed E-state index contributed by atoms with van der Waals surface area (Å²) < 4.78 is 39.1. The Morgan fingerprint density at radius 3 is 1.26 bits per heavy atom. The van der Waals surface area contributed by atoms with E-state index in [0.717, 1.165) is 33.4 Å². The van der Waals surface area contributed by atoms with Gasteiger partial charge in [0.2, 0.25) is 5.75 Å². The van der Waals surface area contributed by atoms with Crippen molar-refractivity contribution in [2.45, 2.75) is 51.7 Å². The Balaban J connectivity index is 1.15. The maximum Gasteiger partial charge on any atom is 0.203 e. The van der Waals surface area contributed by atoms with Gasteiger partial charge in [-0.2, -0.15) is 0 Å². The summed E-state index contributed by atoms with van der Waals surface area (Å²) in [5.74, 6) is 3.05. The molecule has 1 aliphatic rings. The van der Waals surface area contributed by atoms with E-state index < -0.39 is 12.2 Å². The molecule has 0 aromatic heterocycles. The molecule has 0 spiro atoms. The second kappa shape index (κ2) is 18.3. The minimum absolute atomic E-state index is 0.263. The van der Waals surface area contributed by atoms with Gasteiger partial charge in [-0.3, -0.25) is 0 Å². The molecule has 57 heavy (non-hydrogen) atoms. The van der Waals surface area contributed by atoms with Gasteiger partial charge in [0.05, 0.1) is 11.7 Å². The van der Waals surface area contributed by atoms with Gasteiger partial charge >= 0.3 is 0 Å². The van der Waals surface area contributed by atoms with Crippen LogP contribution in [0.1, 0.15) is 57.6 Å². The van der Waals surface area contributed by atoms with Gasteiger partial charge in [0.15, 0.2) is 11.5 Å². The number of rotatable bonds is 16. The third kappa shape index (κ3) is 9.76. The van der Waals surface area contributed by atoms with E-state index in [-0.39, 0.29) is 6.42 Å². The Bertz CT molecular complexity index is 2250. The maximum absolute atomic E-state index is 11.9. The van der Waals surface area contributed by atoms with Crippen molar-refractivity contribution in [1.82, 2.24) is 0 Å². The predicted molar refractivity (Wildman–Crippen MR) is 220 cm³/mol. The molecule has 1 heterocycles. The number of ether oxygens (including phenoxy) is 6. The van der Waals surface area contributed by atoms with Gasteiger partial charge in [-0.1, -0.05) is 152 Å². The molecule has 2 atom stereocenters. The Hall–Kier alpha value is -6.70. The fourth-order valence-electron chi connectivity index (χ4n) is 6.75. The van der Waals surface area contributed by atoms with Crippen LogP contribution in [-0.4, -0.2) is 5.11 Å². The Morgan fingerprint density at radius 2 is 0.825 bits per heavy atom. The lowest BCUT2D eigenvalue weighted by molar-refractivity contribution is 0.0614. The van der Waals surface area contributed by atoms with Gasteiger partial charge in [-0.15, -0.1) is 0 Å². The number of benzene rings is 7. The molecule has 0 saturated heterocycles. The van der Waals surface area contributed by atoms with E-state index in [2.05, 4.69) is 0 Å². The van der Waals surface area contributed by atoms with Crippen LogP contribution in [0.4, 0.5) is 0 Å². The molecule has 8 rings (SSSR count). The van der Waals surface area contributed by atoms with Crippen molar-refractivity contribution in [3.63, 3.8) is 0 Å². The summed E-state index contributed by atoms with van der Waals surface area (Å²) in [5, 5.41) is 11.9. The molecule has 0 radical (unpaired) electrons. The summed E-state index contributed by atoms with van der Waals surface area (Å²) in [4.78, 5) is 0. The predicted octanol–water partition coefficient (Wildman–Crippen LogP) is 11.1. The van der Waals surface area contributed by atoms with E-state index >= 15 is 0 Å². The Morgan fingerprint density at radius 1 is 0.439 bits per heavy atom. The molecule has 0 saturated carbocycles. The van der Waals surface area contributed by atoms with Crippen LogP contribution in [0.3, 0.4) is 0 Å². The lowest BCUT2D eigenvalue weighted by Gasteiger charge is -2.32. The molecule has 0 amide bonds. The molecule has 7 aromatic carbocycles. The molecule has 0 bridgehead atoms. The molecule has 1 N–H and O–H groups in total. The standard InChI is InChI=1S/C50H44O7/c51-43-30-44(57-46-29-42(52-31-36-16-6-1-7-17-36)28-45(49(43)46)53-32-37-18-8-2-9-19-37)41-26-47(54-33-38-20-10-3-11-21-38)50(56-35-40-24-14-5-15-25-40)48(27-41)55-34-39-22-12-4-13-23-39/h1-29,43-44,51H,30-35H2/t43?,44-/m0/s1. The highest BCUT2D eigenvalue weighted by molar-refractivity contribution is 5.57. The van der Waals surface area contributed by atoms with Gasteiger partial charge in [-0.25, -0.2) is 0 Å². The summed E-state index contributed by atoms with van der Waals surface area (Å²) in [6.45, 7) is 1.61. The first-order valence-corrected chi connectivity index (χ1v) is 19.2. The summed E-state index contributed by atoms with van der Waals surface area (Å²) in [7, 11) is 0. The third-order valence-corrected chi connectivity index (χ3v) is 9.72. The minimum Gasteiger partial charge on any atom is -0.489 e. The molecule has 0 aliphatic carbocycles. The van der Waals surface area contributed by atoms with Gasteiger partial charge in [0.25, 0.3) is 0 Å². The van der Waals surface area contributed by atoms with Crippen molar-refractivity contribution in [3.8, 4) is 34.5 Å². The maximum atomic E-state index is 11.9. The molecule has 1 unspecified atom stereocenters. The van der Waals surface area contributed by atoms with E-state index in [1.54, 1.807) is 0 Å². The van der Waals surface area contributed by atoms with Gasteiger partial charge in [0.1, 0.15) is 56.4 Å². The van der Waals surface area contributed by atoms with Crippen molar-refractivity contribution >= 4 is 0 Å². The number of fused-ring (bicyclic) bond motifs is 1. The van der Waals surface area contributed by atoms with E-state index in [0.29, 0.717) is 73.1 Å². The first-order chi connectivity index (χ1) is 28.1. The summed E-state index contributed by atoms with van der Waals surface area (Å²) in [6, 6.07) is 57.4. The average Bonchev–Trinajstić information content (AvgIpc) is 3.27. The second-order valence-corrected chi connectivity index (χ2v) is 13.9. The first-order valence-electron chi connectivity index (χ1n) is 19.2. The summed E-state index contributed by atoms with van der Waals surface area (Å²) in [6.07, 6.45) is -1.21. The van der Waals surface area contributed by atoms with Crippen LogP contribution in [0.5, 0.6) is 34.5 Å². The van der Waals surface area contributed by atoms with Crippen LogP contribution in [0.2, 0.25) is 0 Å². The van der Waals surface area contributed by atoms with E-state index in [9.17, 15) is 5.11 Å². The topological polar surface area (TPSA) is 75.6 Å². The lowest BCUT2D eigenvalue weighted by Crippen LogP contribution is -2.20. The lowest BCUT2D eigenvalue weighted by atomic mass is 9.93. The molecule has 0 fully saturated rings. The Labute approximate surface area is 333 Å². The van der Waals surface area contributed by atoms with Crippen LogP contribution in [-0.2, 0) is 33.0 Å². The van der Waals surface area contributed by atoms with Gasteiger partial charge in [-0.05, 0) is 39.9 Å². The Kier molecular flexibility index (Phi) is 11.9. The van der Waals surface area contributed by atoms with E-state index in [1.165, 1.54) is 0 Å². The smallest absolute Gasteiger partial charge is 0.203 e. The fraction of sp³-hybridized carbons (Fsp3) is 0.160. The third-order valence-electron chi connectivity index (χ3n) is 9.72. The summed E-state index contributed by atoms with van der Waals surface area (Å²) in [5.41, 5.74) is 6.41. The van der Waals surface area contributed by atoms with Crippen LogP contribution < -0.4 is 28.4 Å². The van der Waals surface area contributed by atoms with E-state index in [1.807, 2.05) is 176 Å². The second-order valence-electron chi connectivity index (χ2n) is 13.9. The first kappa shape index (κ1) is 37.2. The molecule has 7 nitrogen and oxygen atoms in total. The number of aliphatic hydroxyl groups excluding tert-OH is 1. The molecule has 286 valence electrons.